The summed E-state index contributed by atoms with van der Waals surface area (Å²) in [6, 6.07) is -2.90. The lowest BCUT2D eigenvalue weighted by Crippen LogP contribution is -2.53. The molecule has 3 atom stereocenters. The number of aliphatic imine (C=N–C) groups is 1. The van der Waals surface area contributed by atoms with Crippen LogP contribution >= 0.6 is 0 Å². The molecule has 30 heavy (non-hydrogen) atoms. The number of carboxylic acid groups (broad SMARTS) is 1. The van der Waals surface area contributed by atoms with Crippen LogP contribution in [-0.2, 0) is 19.2 Å². The summed E-state index contributed by atoms with van der Waals surface area (Å²) in [5.41, 5.74) is 21.6. The maximum atomic E-state index is 12.3. The number of aliphatic carboxylic acids is 1. The molecule has 0 rings (SSSR count). The number of nitrogens with one attached hydrogen (secondary N) is 3. The van der Waals surface area contributed by atoms with Gasteiger partial charge in [-0.05, 0) is 45.6 Å². The number of rotatable bonds is 15. The normalized spacial score (nSPS) is 13.4. The molecule has 3 unspecified atom stereocenters. The Hall–Kier alpha value is -2.93. The summed E-state index contributed by atoms with van der Waals surface area (Å²) in [6.45, 7) is 1.69. The van der Waals surface area contributed by atoms with Crippen LogP contribution in [0.5, 0.6) is 0 Å². The van der Waals surface area contributed by atoms with E-state index in [4.69, 9.17) is 28.0 Å². The highest BCUT2D eigenvalue weighted by Crippen LogP contribution is 2.02. The molecule has 0 spiro atoms. The second-order valence-electron chi connectivity index (χ2n) is 6.75. The number of unbranched alkanes of at least 4 members (excludes halogenated alkanes) is 1. The second kappa shape index (κ2) is 15.0. The Morgan fingerprint density at radius 1 is 1.00 bits per heavy atom. The third-order valence-electron chi connectivity index (χ3n) is 4.06. The first-order valence-electron chi connectivity index (χ1n) is 9.69. The Kier molecular flexibility index (Phi) is 13.5. The first-order valence-corrected chi connectivity index (χ1v) is 9.69. The number of hydrogen-bond donors (Lipinski definition) is 8. The van der Waals surface area contributed by atoms with Gasteiger partial charge < -0.3 is 44.0 Å². The van der Waals surface area contributed by atoms with E-state index in [1.807, 2.05) is 0 Å². The summed E-state index contributed by atoms with van der Waals surface area (Å²) >= 11 is 0. The highest BCUT2D eigenvalue weighted by molar-refractivity contribution is 5.92. The Morgan fingerprint density at radius 3 is 2.23 bits per heavy atom. The molecular weight excluding hydrogens is 396 g/mol. The zero-order valence-corrected chi connectivity index (χ0v) is 17.2. The van der Waals surface area contributed by atoms with Crippen molar-refractivity contribution in [2.75, 3.05) is 19.6 Å². The molecule has 0 aromatic heterocycles. The van der Waals surface area contributed by atoms with Gasteiger partial charge >= 0.3 is 5.97 Å². The van der Waals surface area contributed by atoms with E-state index in [2.05, 4.69) is 20.9 Å². The molecule has 172 valence electrons. The molecule has 13 nitrogen and oxygen atoms in total. The first kappa shape index (κ1) is 27.1. The highest BCUT2D eigenvalue weighted by atomic mass is 16.4. The Bertz CT molecular complexity index is 609. The van der Waals surface area contributed by atoms with Gasteiger partial charge in [-0.15, -0.1) is 0 Å². The lowest BCUT2D eigenvalue weighted by molar-refractivity contribution is -0.141. The largest absolute Gasteiger partial charge is 0.480 e. The van der Waals surface area contributed by atoms with Gasteiger partial charge in [0.15, 0.2) is 5.96 Å². The molecular formula is C17H34N8O5. The van der Waals surface area contributed by atoms with E-state index in [0.717, 1.165) is 0 Å². The predicted molar refractivity (Wildman–Crippen MR) is 111 cm³/mol. The van der Waals surface area contributed by atoms with Crippen molar-refractivity contribution >= 4 is 29.7 Å². The van der Waals surface area contributed by atoms with E-state index >= 15 is 0 Å². The molecule has 12 N–H and O–H groups in total. The smallest absolute Gasteiger partial charge is 0.325 e. The maximum absolute atomic E-state index is 12.3. The Balaban J connectivity index is 4.57. The van der Waals surface area contributed by atoms with Crippen molar-refractivity contribution < 1.29 is 24.3 Å². The van der Waals surface area contributed by atoms with E-state index in [1.165, 1.54) is 6.92 Å². The van der Waals surface area contributed by atoms with Gasteiger partial charge in [-0.25, -0.2) is 0 Å². The van der Waals surface area contributed by atoms with Crippen molar-refractivity contribution in [1.82, 2.24) is 16.0 Å². The molecule has 0 bridgehead atoms. The fraction of sp³-hybridized carbons (Fsp3) is 0.706. The van der Waals surface area contributed by atoms with Crippen molar-refractivity contribution in [3.05, 3.63) is 0 Å². The molecule has 0 fully saturated rings. The van der Waals surface area contributed by atoms with Crippen LogP contribution in [0.3, 0.4) is 0 Å². The number of nitrogens with zero attached hydrogens (tertiary/aromatic N) is 1. The van der Waals surface area contributed by atoms with Gasteiger partial charge in [-0.3, -0.25) is 24.2 Å². The number of hydrogen-bond acceptors (Lipinski definition) is 7. The van der Waals surface area contributed by atoms with Gasteiger partial charge in [0.25, 0.3) is 0 Å². The highest BCUT2D eigenvalue weighted by Gasteiger charge is 2.24. The molecule has 0 radical (unpaired) electrons. The molecule has 0 saturated heterocycles. The molecule has 0 saturated carbocycles. The number of carbonyl (C=O) groups is 4. The van der Waals surface area contributed by atoms with Gasteiger partial charge in [-0.2, -0.15) is 0 Å². The maximum Gasteiger partial charge on any atom is 0.325 e. The molecule has 0 aliphatic rings. The third-order valence-corrected chi connectivity index (χ3v) is 4.06. The lowest BCUT2D eigenvalue weighted by atomic mass is 10.1. The molecule has 0 aromatic rings. The Morgan fingerprint density at radius 2 is 1.67 bits per heavy atom. The fourth-order valence-corrected chi connectivity index (χ4v) is 2.33. The monoisotopic (exact) mass is 430 g/mol. The molecule has 13 heteroatoms. The van der Waals surface area contributed by atoms with E-state index in [-0.39, 0.29) is 18.9 Å². The number of carboxylic acids is 1. The summed E-state index contributed by atoms with van der Waals surface area (Å²) < 4.78 is 0. The number of guanidine groups is 1. The molecule has 0 aromatic carbocycles. The van der Waals surface area contributed by atoms with Crippen molar-refractivity contribution in [2.24, 2.45) is 27.9 Å². The SMILES string of the molecule is CC(NC(=O)C(CCCCN)NC(=O)CNC(=O)C(N)CCCN=C(N)N)C(=O)O. The zero-order valence-electron chi connectivity index (χ0n) is 17.2. The average Bonchev–Trinajstić information content (AvgIpc) is 2.68. The van der Waals surface area contributed by atoms with Crippen LogP contribution < -0.4 is 38.9 Å². The summed E-state index contributed by atoms with van der Waals surface area (Å²) in [5, 5.41) is 16.1. The van der Waals surface area contributed by atoms with Crippen LogP contribution in [0.25, 0.3) is 0 Å². The minimum absolute atomic E-state index is 0.0486. The predicted octanol–water partition coefficient (Wildman–Crippen LogP) is -3.31. The summed E-state index contributed by atoms with van der Waals surface area (Å²) in [5.74, 6) is -3.01. The van der Waals surface area contributed by atoms with Crippen LogP contribution in [0.1, 0.15) is 39.0 Å². The molecule has 0 heterocycles. The third kappa shape index (κ3) is 12.5. The van der Waals surface area contributed by atoms with Gasteiger partial charge in [0.2, 0.25) is 17.7 Å². The van der Waals surface area contributed by atoms with Crippen LogP contribution in [0.15, 0.2) is 4.99 Å². The minimum atomic E-state index is -1.20. The molecule has 0 aliphatic heterocycles. The minimum Gasteiger partial charge on any atom is -0.480 e. The van der Waals surface area contributed by atoms with Gasteiger partial charge in [0.1, 0.15) is 12.1 Å². The van der Waals surface area contributed by atoms with Crippen LogP contribution in [0.2, 0.25) is 0 Å². The fourth-order valence-electron chi connectivity index (χ4n) is 2.33. The van der Waals surface area contributed by atoms with E-state index in [1.54, 1.807) is 0 Å². The standard InChI is InChI=1S/C17H34N8O5/c1-10(16(29)30)24-15(28)12(6-2-3-7-18)25-13(26)9-23-14(27)11(19)5-4-8-22-17(20)21/h10-12H,2-9,18-19H2,1H3,(H,23,27)(H,24,28)(H,25,26)(H,29,30)(H4,20,21,22). The number of amides is 3. The van der Waals surface area contributed by atoms with Crippen molar-refractivity contribution in [3.8, 4) is 0 Å². The first-order chi connectivity index (χ1) is 14.1. The van der Waals surface area contributed by atoms with E-state index in [9.17, 15) is 19.2 Å². The van der Waals surface area contributed by atoms with Crippen LogP contribution in [0.4, 0.5) is 0 Å². The van der Waals surface area contributed by atoms with Crippen molar-refractivity contribution in [3.63, 3.8) is 0 Å². The summed E-state index contributed by atoms with van der Waals surface area (Å²) in [7, 11) is 0. The van der Waals surface area contributed by atoms with Crippen molar-refractivity contribution in [2.45, 2.75) is 57.2 Å². The number of carbonyl (C=O) groups excluding carboxylic acids is 3. The molecule has 3 amide bonds. The number of nitrogens with two attached hydrogens (primary N) is 4. The zero-order chi connectivity index (χ0) is 23.1. The van der Waals surface area contributed by atoms with Gasteiger partial charge in [-0.1, -0.05) is 0 Å². The summed E-state index contributed by atoms with van der Waals surface area (Å²) in [4.78, 5) is 51.1. The second-order valence-corrected chi connectivity index (χ2v) is 6.75. The van der Waals surface area contributed by atoms with Crippen LogP contribution in [-0.4, -0.2) is 72.5 Å². The Labute approximate surface area is 175 Å². The van der Waals surface area contributed by atoms with Crippen LogP contribution in [0, 0.1) is 0 Å². The van der Waals surface area contributed by atoms with E-state index < -0.39 is 41.8 Å². The molecule has 0 aliphatic carbocycles. The van der Waals surface area contributed by atoms with Gasteiger partial charge in [0, 0.05) is 6.54 Å². The van der Waals surface area contributed by atoms with Crippen molar-refractivity contribution in [1.29, 1.82) is 0 Å². The topological polar surface area (TPSA) is 241 Å². The van der Waals surface area contributed by atoms with Gasteiger partial charge in [0.05, 0.1) is 12.6 Å². The average molecular weight is 431 g/mol. The lowest BCUT2D eigenvalue weighted by Gasteiger charge is -2.20. The van der Waals surface area contributed by atoms with E-state index in [0.29, 0.717) is 38.8 Å². The summed E-state index contributed by atoms with van der Waals surface area (Å²) in [6.07, 6.45) is 2.29. The quantitative estimate of drug-likeness (QED) is 0.0735.